The monoisotopic (exact) mass is 358 g/mol. The van der Waals surface area contributed by atoms with Gasteiger partial charge in [-0.15, -0.1) is 0 Å². The maximum absolute atomic E-state index is 12.2. The van der Waals surface area contributed by atoms with Gasteiger partial charge in [0.1, 0.15) is 5.75 Å². The van der Waals surface area contributed by atoms with Crippen LogP contribution in [0.15, 0.2) is 24.3 Å². The minimum Gasteiger partial charge on any atom is -0.483 e. The van der Waals surface area contributed by atoms with Crippen molar-refractivity contribution < 1.29 is 9.53 Å². The van der Waals surface area contributed by atoms with Crippen LogP contribution in [0, 0.1) is 5.92 Å². The number of nitrogens with one attached hydrogen (secondary N) is 1. The highest BCUT2D eigenvalue weighted by Crippen LogP contribution is 2.25. The van der Waals surface area contributed by atoms with E-state index in [0.717, 1.165) is 49.6 Å². The van der Waals surface area contributed by atoms with Crippen molar-refractivity contribution in [2.45, 2.75) is 64.3 Å². The van der Waals surface area contributed by atoms with Crippen molar-refractivity contribution >= 4 is 5.91 Å². The van der Waals surface area contributed by atoms with Gasteiger partial charge in [-0.25, -0.2) is 0 Å². The molecule has 2 aliphatic rings. The molecule has 1 saturated heterocycles. The number of para-hydroxylation sites is 1. The molecule has 2 fully saturated rings. The summed E-state index contributed by atoms with van der Waals surface area (Å²) in [7, 11) is 0. The Morgan fingerprint density at radius 2 is 1.85 bits per heavy atom. The molecule has 1 N–H and O–H groups in total. The number of piperidine rings is 1. The van der Waals surface area contributed by atoms with E-state index >= 15 is 0 Å². The predicted octanol–water partition coefficient (Wildman–Crippen LogP) is 3.79. The van der Waals surface area contributed by atoms with Crippen molar-refractivity contribution in [2.24, 2.45) is 5.92 Å². The first-order valence-corrected chi connectivity index (χ1v) is 10.5. The summed E-state index contributed by atoms with van der Waals surface area (Å²) < 4.78 is 5.73. The second-order valence-corrected chi connectivity index (χ2v) is 7.90. The van der Waals surface area contributed by atoms with Crippen LogP contribution < -0.4 is 10.1 Å². The lowest BCUT2D eigenvalue weighted by Crippen LogP contribution is -2.47. The van der Waals surface area contributed by atoms with Crippen molar-refractivity contribution in [1.29, 1.82) is 0 Å². The van der Waals surface area contributed by atoms with Crippen LogP contribution in [0.2, 0.25) is 0 Å². The summed E-state index contributed by atoms with van der Waals surface area (Å²) in [6, 6.07) is 8.25. The van der Waals surface area contributed by atoms with Crippen LogP contribution in [0.3, 0.4) is 0 Å². The van der Waals surface area contributed by atoms with Gasteiger partial charge in [0.25, 0.3) is 5.91 Å². The molecular weight excluding hydrogens is 324 g/mol. The molecule has 0 spiro atoms. The minimum absolute atomic E-state index is 0.00152. The van der Waals surface area contributed by atoms with Gasteiger partial charge < -0.3 is 15.0 Å². The van der Waals surface area contributed by atoms with Gasteiger partial charge in [-0.05, 0) is 49.7 Å². The molecule has 4 nitrogen and oxygen atoms in total. The number of nitrogens with zero attached hydrogens (tertiary/aromatic N) is 1. The van der Waals surface area contributed by atoms with Crippen molar-refractivity contribution in [3.63, 3.8) is 0 Å². The number of hydrogen-bond acceptors (Lipinski definition) is 3. The van der Waals surface area contributed by atoms with E-state index in [2.05, 4.69) is 23.2 Å². The Balaban J connectivity index is 1.35. The zero-order chi connectivity index (χ0) is 18.2. The molecule has 26 heavy (non-hydrogen) atoms. The molecular formula is C22H34N2O2. The van der Waals surface area contributed by atoms with E-state index in [9.17, 15) is 4.79 Å². The number of hydrogen-bond donors (Lipinski definition) is 1. The Morgan fingerprint density at radius 3 is 2.58 bits per heavy atom. The first-order chi connectivity index (χ1) is 12.7. The van der Waals surface area contributed by atoms with Crippen LogP contribution in [0.25, 0.3) is 0 Å². The molecule has 0 unspecified atom stereocenters. The van der Waals surface area contributed by atoms with Gasteiger partial charge in [-0.2, -0.15) is 0 Å². The van der Waals surface area contributed by atoms with E-state index in [4.69, 9.17) is 4.74 Å². The molecule has 0 atom stereocenters. The SMILES string of the molecule is CCc1ccccc1OCC(=O)NC1CCN(CC2CCCCC2)CC1. The number of ether oxygens (including phenoxy) is 1. The van der Waals surface area contributed by atoms with E-state index in [0.29, 0.717) is 6.04 Å². The number of aryl methyl sites for hydroxylation is 1. The third-order valence-electron chi connectivity index (χ3n) is 5.91. The Hall–Kier alpha value is -1.55. The van der Waals surface area contributed by atoms with Gasteiger partial charge >= 0.3 is 0 Å². The van der Waals surface area contributed by atoms with Crippen LogP contribution in [0.1, 0.15) is 57.4 Å². The molecule has 4 heteroatoms. The molecule has 1 heterocycles. The second kappa shape index (κ2) is 9.96. The van der Waals surface area contributed by atoms with E-state index < -0.39 is 0 Å². The van der Waals surface area contributed by atoms with Crippen LogP contribution in [-0.2, 0) is 11.2 Å². The highest BCUT2D eigenvalue weighted by atomic mass is 16.5. The van der Waals surface area contributed by atoms with E-state index in [1.165, 1.54) is 38.6 Å². The lowest BCUT2D eigenvalue weighted by Gasteiger charge is -2.35. The van der Waals surface area contributed by atoms with Crippen LogP contribution in [0.4, 0.5) is 0 Å². The van der Waals surface area contributed by atoms with Gasteiger partial charge in [-0.3, -0.25) is 4.79 Å². The molecule has 1 aliphatic heterocycles. The minimum atomic E-state index is 0.00152. The smallest absolute Gasteiger partial charge is 0.258 e. The molecule has 1 amide bonds. The maximum Gasteiger partial charge on any atom is 0.258 e. The third-order valence-corrected chi connectivity index (χ3v) is 5.91. The highest BCUT2D eigenvalue weighted by Gasteiger charge is 2.23. The van der Waals surface area contributed by atoms with Crippen molar-refractivity contribution in [2.75, 3.05) is 26.2 Å². The lowest BCUT2D eigenvalue weighted by molar-refractivity contribution is -0.124. The molecule has 0 bridgehead atoms. The molecule has 1 aromatic carbocycles. The Labute approximate surface area is 158 Å². The van der Waals surface area contributed by atoms with E-state index in [-0.39, 0.29) is 12.5 Å². The third kappa shape index (κ3) is 5.73. The second-order valence-electron chi connectivity index (χ2n) is 7.90. The Morgan fingerprint density at radius 1 is 1.12 bits per heavy atom. The highest BCUT2D eigenvalue weighted by molar-refractivity contribution is 5.77. The number of carbonyl (C=O) groups excluding carboxylic acids is 1. The molecule has 0 aromatic heterocycles. The quantitative estimate of drug-likeness (QED) is 0.806. The summed E-state index contributed by atoms with van der Waals surface area (Å²) >= 11 is 0. The standard InChI is InChI=1S/C22H34N2O2/c1-2-19-10-6-7-11-21(19)26-17-22(25)23-20-12-14-24(15-13-20)16-18-8-4-3-5-9-18/h6-7,10-11,18,20H,2-5,8-9,12-17H2,1H3,(H,23,25). The average Bonchev–Trinajstić information content (AvgIpc) is 2.69. The van der Waals surface area contributed by atoms with Gasteiger partial charge in [0.05, 0.1) is 0 Å². The number of carbonyl (C=O) groups is 1. The fraction of sp³-hybridized carbons (Fsp3) is 0.682. The van der Waals surface area contributed by atoms with Gasteiger partial charge in [0, 0.05) is 25.7 Å². The summed E-state index contributed by atoms with van der Waals surface area (Å²) in [5.74, 6) is 1.73. The summed E-state index contributed by atoms with van der Waals surface area (Å²) in [6.07, 6.45) is 10.1. The largest absolute Gasteiger partial charge is 0.483 e. The van der Waals surface area contributed by atoms with Crippen molar-refractivity contribution in [3.05, 3.63) is 29.8 Å². The van der Waals surface area contributed by atoms with Crippen LogP contribution in [0.5, 0.6) is 5.75 Å². The molecule has 1 aromatic rings. The average molecular weight is 359 g/mol. The van der Waals surface area contributed by atoms with Gasteiger partial charge in [0.15, 0.2) is 6.61 Å². The first kappa shape index (κ1) is 19.2. The molecule has 144 valence electrons. The van der Waals surface area contributed by atoms with Gasteiger partial charge in [-0.1, -0.05) is 44.4 Å². The zero-order valence-corrected chi connectivity index (χ0v) is 16.2. The van der Waals surface area contributed by atoms with Gasteiger partial charge in [0.2, 0.25) is 0 Å². The Kier molecular flexibility index (Phi) is 7.36. The summed E-state index contributed by atoms with van der Waals surface area (Å²) in [4.78, 5) is 14.8. The number of rotatable bonds is 7. The summed E-state index contributed by atoms with van der Waals surface area (Å²) in [5, 5.41) is 3.16. The zero-order valence-electron chi connectivity index (χ0n) is 16.2. The van der Waals surface area contributed by atoms with E-state index in [1.807, 2.05) is 18.2 Å². The van der Waals surface area contributed by atoms with Crippen molar-refractivity contribution in [3.8, 4) is 5.75 Å². The first-order valence-electron chi connectivity index (χ1n) is 10.5. The lowest BCUT2D eigenvalue weighted by atomic mass is 9.88. The Bertz CT molecular complexity index is 561. The maximum atomic E-state index is 12.2. The molecule has 0 radical (unpaired) electrons. The van der Waals surface area contributed by atoms with Crippen LogP contribution in [-0.4, -0.2) is 43.1 Å². The molecule has 3 rings (SSSR count). The summed E-state index contributed by atoms with van der Waals surface area (Å²) in [6.45, 7) is 5.70. The fourth-order valence-corrected chi connectivity index (χ4v) is 4.34. The number of likely N-dealkylation sites (tertiary alicyclic amines) is 1. The fourth-order valence-electron chi connectivity index (χ4n) is 4.34. The van der Waals surface area contributed by atoms with Crippen molar-refractivity contribution in [1.82, 2.24) is 10.2 Å². The number of benzene rings is 1. The molecule has 1 saturated carbocycles. The molecule has 1 aliphatic carbocycles. The normalized spacial score (nSPS) is 20.0. The topological polar surface area (TPSA) is 41.6 Å². The van der Waals surface area contributed by atoms with Crippen LogP contribution >= 0.6 is 0 Å². The number of amides is 1. The predicted molar refractivity (Wildman–Crippen MR) is 105 cm³/mol. The summed E-state index contributed by atoms with van der Waals surface area (Å²) in [5.41, 5.74) is 1.15. The van der Waals surface area contributed by atoms with E-state index in [1.54, 1.807) is 0 Å².